The predicted octanol–water partition coefficient (Wildman–Crippen LogP) is 3.94. The highest BCUT2D eigenvalue weighted by molar-refractivity contribution is 6.30. The molecule has 6 heteroatoms. The summed E-state index contributed by atoms with van der Waals surface area (Å²) in [7, 11) is 0. The van der Waals surface area contributed by atoms with Crippen LogP contribution in [0.25, 0.3) is 33.5 Å². The molecule has 2 aromatic heterocycles. The summed E-state index contributed by atoms with van der Waals surface area (Å²) in [5.41, 5.74) is 3.42. The van der Waals surface area contributed by atoms with E-state index >= 15 is 0 Å². The van der Waals surface area contributed by atoms with Crippen LogP contribution in [0, 0.1) is 6.92 Å². The van der Waals surface area contributed by atoms with Gasteiger partial charge < -0.3 is 9.97 Å². The lowest BCUT2D eigenvalue weighted by molar-refractivity contribution is 0.962. The Morgan fingerprint density at radius 2 is 1.71 bits per heavy atom. The predicted molar refractivity (Wildman–Crippen MR) is 95.1 cm³/mol. The molecule has 0 saturated carbocycles. The van der Waals surface area contributed by atoms with Gasteiger partial charge in [-0.2, -0.15) is 0 Å². The normalized spacial score (nSPS) is 11.1. The van der Waals surface area contributed by atoms with Crippen LogP contribution in [0.5, 0.6) is 0 Å². The number of hydrogen-bond acceptors (Lipinski definition) is 3. The number of H-pyrrole nitrogens is 2. The molecule has 0 aliphatic carbocycles. The number of fused-ring (bicyclic) bond motifs is 1. The summed E-state index contributed by atoms with van der Waals surface area (Å²) in [6, 6.07) is 14.9. The first-order valence-corrected chi connectivity index (χ1v) is 7.82. The third-order valence-corrected chi connectivity index (χ3v) is 4.20. The van der Waals surface area contributed by atoms with Crippen molar-refractivity contribution in [1.82, 2.24) is 20.2 Å². The first-order valence-electron chi connectivity index (χ1n) is 7.44. The van der Waals surface area contributed by atoms with Gasteiger partial charge in [-0.25, -0.2) is 0 Å². The molecule has 2 N–H and O–H groups in total. The number of para-hydroxylation sites is 1. The molecule has 0 unspecified atom stereocenters. The van der Waals surface area contributed by atoms with E-state index in [4.69, 9.17) is 11.6 Å². The molecular formula is C18H13ClN4O. The van der Waals surface area contributed by atoms with Crippen LogP contribution in [0.2, 0.25) is 5.02 Å². The molecule has 0 saturated heterocycles. The zero-order valence-corrected chi connectivity index (χ0v) is 13.6. The van der Waals surface area contributed by atoms with Gasteiger partial charge in [0.25, 0.3) is 5.56 Å². The molecule has 0 fully saturated rings. The van der Waals surface area contributed by atoms with Gasteiger partial charge in [-0.3, -0.25) is 4.79 Å². The van der Waals surface area contributed by atoms with E-state index in [1.54, 1.807) is 24.3 Å². The van der Waals surface area contributed by atoms with Gasteiger partial charge in [0, 0.05) is 32.7 Å². The maximum Gasteiger partial charge on any atom is 0.278 e. The third-order valence-electron chi connectivity index (χ3n) is 3.95. The number of aryl methyl sites for hydroxylation is 1. The molecule has 24 heavy (non-hydrogen) atoms. The highest BCUT2D eigenvalue weighted by atomic mass is 35.5. The van der Waals surface area contributed by atoms with Gasteiger partial charge in [0.05, 0.1) is 0 Å². The molecule has 0 amide bonds. The molecular weight excluding hydrogens is 324 g/mol. The summed E-state index contributed by atoms with van der Waals surface area (Å²) in [4.78, 5) is 18.7. The fourth-order valence-electron chi connectivity index (χ4n) is 2.82. The lowest BCUT2D eigenvalue weighted by Crippen LogP contribution is -2.14. The quantitative estimate of drug-likeness (QED) is 0.582. The molecule has 0 spiro atoms. The van der Waals surface area contributed by atoms with Crippen molar-refractivity contribution in [2.75, 3.05) is 0 Å². The van der Waals surface area contributed by atoms with Crippen LogP contribution in [0.1, 0.15) is 5.69 Å². The smallest absolute Gasteiger partial charge is 0.278 e. The van der Waals surface area contributed by atoms with Crippen molar-refractivity contribution >= 4 is 22.5 Å². The Kier molecular flexibility index (Phi) is 3.43. The Morgan fingerprint density at radius 3 is 2.46 bits per heavy atom. The number of aromatic amines is 2. The van der Waals surface area contributed by atoms with Crippen LogP contribution in [0.3, 0.4) is 0 Å². The summed E-state index contributed by atoms with van der Waals surface area (Å²) in [6.45, 7) is 1.92. The van der Waals surface area contributed by atoms with Crippen LogP contribution in [-0.2, 0) is 0 Å². The van der Waals surface area contributed by atoms with E-state index in [0.717, 1.165) is 27.7 Å². The molecule has 4 rings (SSSR count). The van der Waals surface area contributed by atoms with E-state index in [1.807, 2.05) is 31.2 Å². The van der Waals surface area contributed by atoms with Gasteiger partial charge in [0.15, 0.2) is 11.5 Å². The van der Waals surface area contributed by atoms with E-state index in [-0.39, 0.29) is 5.56 Å². The van der Waals surface area contributed by atoms with Crippen LogP contribution >= 0.6 is 11.6 Å². The molecule has 0 radical (unpaired) electrons. The summed E-state index contributed by atoms with van der Waals surface area (Å²) in [5.74, 6) is 0.415. The molecule has 0 bridgehead atoms. The Hall–Kier alpha value is -2.92. The van der Waals surface area contributed by atoms with Crippen LogP contribution in [0.4, 0.5) is 0 Å². The van der Waals surface area contributed by atoms with E-state index in [0.29, 0.717) is 16.5 Å². The Bertz CT molecular complexity index is 1100. The first-order chi connectivity index (χ1) is 11.6. The Balaban J connectivity index is 1.86. The van der Waals surface area contributed by atoms with Crippen LogP contribution in [-0.4, -0.2) is 20.2 Å². The lowest BCUT2D eigenvalue weighted by atomic mass is 10.1. The van der Waals surface area contributed by atoms with Crippen molar-refractivity contribution in [2.45, 2.75) is 6.92 Å². The largest absolute Gasteiger partial charge is 0.358 e. The van der Waals surface area contributed by atoms with Crippen molar-refractivity contribution in [3.63, 3.8) is 0 Å². The molecule has 0 aliphatic heterocycles. The maximum atomic E-state index is 12.6. The van der Waals surface area contributed by atoms with E-state index < -0.39 is 0 Å². The molecule has 2 aromatic carbocycles. The monoisotopic (exact) mass is 336 g/mol. The summed E-state index contributed by atoms with van der Waals surface area (Å²) in [6.07, 6.45) is 0. The van der Waals surface area contributed by atoms with Crippen molar-refractivity contribution in [2.24, 2.45) is 0 Å². The SMILES string of the molecule is Cc1[nH]c2ccccc2c1-c1nnc(-c2ccc(Cl)cc2)[nH]c1=O. The van der Waals surface area contributed by atoms with Crippen LogP contribution < -0.4 is 5.56 Å². The van der Waals surface area contributed by atoms with Gasteiger partial charge in [-0.1, -0.05) is 29.8 Å². The molecule has 2 heterocycles. The summed E-state index contributed by atoms with van der Waals surface area (Å²) >= 11 is 5.88. The van der Waals surface area contributed by atoms with Crippen molar-refractivity contribution < 1.29 is 0 Å². The average molecular weight is 337 g/mol. The zero-order chi connectivity index (χ0) is 16.7. The minimum absolute atomic E-state index is 0.275. The second-order valence-corrected chi connectivity index (χ2v) is 5.97. The number of nitrogens with zero attached hydrogens (tertiary/aromatic N) is 2. The van der Waals surface area contributed by atoms with Crippen molar-refractivity contribution in [3.05, 3.63) is 69.6 Å². The van der Waals surface area contributed by atoms with Gasteiger partial charge in [0.1, 0.15) is 0 Å². The van der Waals surface area contributed by atoms with Crippen LogP contribution in [0.15, 0.2) is 53.3 Å². The maximum absolute atomic E-state index is 12.6. The fourth-order valence-corrected chi connectivity index (χ4v) is 2.95. The van der Waals surface area contributed by atoms with Gasteiger partial charge in [-0.15, -0.1) is 10.2 Å². The standard InChI is InChI=1S/C18H13ClN4O/c1-10-15(13-4-2-3-5-14(13)20-10)16-18(24)21-17(23-22-16)11-6-8-12(19)9-7-11/h2-9,20H,1H3,(H,21,23,24). The number of benzene rings is 2. The number of rotatable bonds is 2. The van der Waals surface area contributed by atoms with Gasteiger partial charge >= 0.3 is 0 Å². The first kappa shape index (κ1) is 14.7. The molecule has 5 nitrogen and oxygen atoms in total. The number of halogens is 1. The second kappa shape index (κ2) is 5.62. The van der Waals surface area contributed by atoms with Crippen molar-refractivity contribution in [3.8, 4) is 22.6 Å². The van der Waals surface area contributed by atoms with E-state index in [1.165, 1.54) is 0 Å². The Labute approximate surface area is 142 Å². The second-order valence-electron chi connectivity index (χ2n) is 5.53. The number of aromatic nitrogens is 4. The van der Waals surface area contributed by atoms with E-state index in [9.17, 15) is 4.79 Å². The van der Waals surface area contributed by atoms with E-state index in [2.05, 4.69) is 20.2 Å². The third kappa shape index (κ3) is 2.39. The van der Waals surface area contributed by atoms with Crippen molar-refractivity contribution in [1.29, 1.82) is 0 Å². The highest BCUT2D eigenvalue weighted by Crippen LogP contribution is 2.28. The number of hydrogen-bond donors (Lipinski definition) is 2. The summed E-state index contributed by atoms with van der Waals surface area (Å²) in [5, 5.41) is 9.94. The minimum atomic E-state index is -0.275. The zero-order valence-electron chi connectivity index (χ0n) is 12.8. The highest BCUT2D eigenvalue weighted by Gasteiger charge is 2.16. The number of nitrogens with one attached hydrogen (secondary N) is 2. The lowest BCUT2D eigenvalue weighted by Gasteiger charge is -2.03. The molecule has 4 aromatic rings. The molecule has 118 valence electrons. The minimum Gasteiger partial charge on any atom is -0.358 e. The average Bonchev–Trinajstić information content (AvgIpc) is 2.91. The molecule has 0 atom stereocenters. The summed E-state index contributed by atoms with van der Waals surface area (Å²) < 4.78 is 0. The molecule has 0 aliphatic rings. The Morgan fingerprint density at radius 1 is 0.958 bits per heavy atom. The topological polar surface area (TPSA) is 74.4 Å². The fraction of sp³-hybridized carbons (Fsp3) is 0.0556. The van der Waals surface area contributed by atoms with Gasteiger partial charge in [-0.05, 0) is 37.3 Å². The van der Waals surface area contributed by atoms with Gasteiger partial charge in [0.2, 0.25) is 0 Å².